The normalized spacial score (nSPS) is 8.23. The average Bonchev–Trinajstić information content (AvgIpc) is 2.06. The predicted octanol–water partition coefficient (Wildman–Crippen LogP) is 3.67. The van der Waals surface area contributed by atoms with Gasteiger partial charge in [0, 0.05) is 6.92 Å². The molecule has 0 aliphatic heterocycles. The molecule has 13 heavy (non-hydrogen) atoms. The molecule has 0 saturated carbocycles. The quantitative estimate of drug-likeness (QED) is 0.372. The number of hydrogen-bond acceptors (Lipinski definition) is 2. The van der Waals surface area contributed by atoms with Crippen LogP contribution in [-0.2, 0) is 9.53 Å². The molecule has 0 fully saturated rings. The fourth-order valence-electron chi connectivity index (χ4n) is 0.794. The number of rotatable bonds is 5. The van der Waals surface area contributed by atoms with Crippen LogP contribution in [0.3, 0.4) is 0 Å². The van der Waals surface area contributed by atoms with E-state index in [2.05, 4.69) is 25.2 Å². The van der Waals surface area contributed by atoms with Gasteiger partial charge in [-0.3, -0.25) is 4.79 Å². The third-order valence-corrected chi connectivity index (χ3v) is 1.46. The molecule has 0 unspecified atom stereocenters. The lowest BCUT2D eigenvalue weighted by Gasteiger charge is -1.90. The summed E-state index contributed by atoms with van der Waals surface area (Å²) < 4.78 is 4.17. The number of carbonyl (C=O) groups excluding carboxylic acids is 1. The van der Waals surface area contributed by atoms with E-state index in [0.29, 0.717) is 0 Å². The van der Waals surface area contributed by atoms with Crippen LogP contribution in [0.2, 0.25) is 0 Å². The molecule has 0 rings (SSSR count). The van der Waals surface area contributed by atoms with Crippen molar-refractivity contribution in [3.8, 4) is 0 Å². The van der Waals surface area contributed by atoms with Crippen molar-refractivity contribution in [2.75, 3.05) is 0 Å². The summed E-state index contributed by atoms with van der Waals surface area (Å²) in [5, 5.41) is 0. The summed E-state index contributed by atoms with van der Waals surface area (Å²) in [6.45, 7) is 8.97. The first-order chi connectivity index (χ1) is 6.18. The Morgan fingerprint density at radius 2 is 1.69 bits per heavy atom. The van der Waals surface area contributed by atoms with Gasteiger partial charge in [0.05, 0.1) is 6.26 Å². The zero-order valence-electron chi connectivity index (χ0n) is 9.14. The van der Waals surface area contributed by atoms with Crippen molar-refractivity contribution in [2.45, 2.75) is 52.9 Å². The summed E-state index contributed by atoms with van der Waals surface area (Å²) in [6, 6.07) is 0. The van der Waals surface area contributed by atoms with E-state index in [4.69, 9.17) is 0 Å². The summed E-state index contributed by atoms with van der Waals surface area (Å²) in [5.74, 6) is -0.329. The Balaban J connectivity index is 0. The summed E-state index contributed by atoms with van der Waals surface area (Å²) in [4.78, 5) is 9.75. The van der Waals surface area contributed by atoms with Crippen molar-refractivity contribution in [1.29, 1.82) is 0 Å². The monoisotopic (exact) mass is 186 g/mol. The Kier molecular flexibility index (Phi) is 15.6. The smallest absolute Gasteiger partial charge is 0.307 e. The number of carbonyl (C=O) groups is 1. The van der Waals surface area contributed by atoms with E-state index in [1.165, 1.54) is 39.0 Å². The van der Waals surface area contributed by atoms with Gasteiger partial charge < -0.3 is 4.74 Å². The van der Waals surface area contributed by atoms with Crippen LogP contribution in [0.1, 0.15) is 52.9 Å². The molecule has 0 aromatic heterocycles. The molecule has 2 heteroatoms. The van der Waals surface area contributed by atoms with Crippen molar-refractivity contribution in [2.24, 2.45) is 0 Å². The second kappa shape index (κ2) is 13.8. The van der Waals surface area contributed by atoms with E-state index in [0.717, 1.165) is 6.26 Å². The highest BCUT2D eigenvalue weighted by atomic mass is 16.5. The van der Waals surface area contributed by atoms with E-state index in [-0.39, 0.29) is 5.97 Å². The third kappa shape index (κ3) is 24.7. The molecule has 0 heterocycles. The minimum atomic E-state index is -0.329. The van der Waals surface area contributed by atoms with Crippen molar-refractivity contribution in [1.82, 2.24) is 0 Å². The molecule has 0 aliphatic carbocycles. The second-order valence-electron chi connectivity index (χ2n) is 2.84. The van der Waals surface area contributed by atoms with Crippen LogP contribution in [0.4, 0.5) is 0 Å². The van der Waals surface area contributed by atoms with E-state index in [1.807, 2.05) is 0 Å². The van der Waals surface area contributed by atoms with Crippen LogP contribution in [0.25, 0.3) is 0 Å². The van der Waals surface area contributed by atoms with Gasteiger partial charge in [-0.15, -0.1) is 0 Å². The molecule has 0 amide bonds. The third-order valence-electron chi connectivity index (χ3n) is 1.46. The Morgan fingerprint density at radius 1 is 1.23 bits per heavy atom. The van der Waals surface area contributed by atoms with Crippen LogP contribution >= 0.6 is 0 Å². The maximum absolute atomic E-state index is 9.75. The number of unbranched alkanes of at least 4 members (excludes halogenated alkanes) is 4. The SMILES string of the molecule is C=COC(C)=O.CCCCCCC. The summed E-state index contributed by atoms with van der Waals surface area (Å²) in [7, 11) is 0. The van der Waals surface area contributed by atoms with Crippen LogP contribution < -0.4 is 0 Å². The molecular formula is C11H22O2. The Labute approximate surface area is 82.0 Å². The molecular weight excluding hydrogens is 164 g/mol. The largest absolute Gasteiger partial charge is 0.435 e. The Bertz CT molecular complexity index is 115. The lowest BCUT2D eigenvalue weighted by Crippen LogP contribution is -1.87. The molecule has 0 spiro atoms. The maximum Gasteiger partial charge on any atom is 0.307 e. The van der Waals surface area contributed by atoms with Gasteiger partial charge in [-0.1, -0.05) is 52.5 Å². The fraction of sp³-hybridized carbons (Fsp3) is 0.727. The molecule has 0 aromatic rings. The lowest BCUT2D eigenvalue weighted by molar-refractivity contribution is -0.135. The zero-order chi connectivity index (χ0) is 10.5. The van der Waals surface area contributed by atoms with Crippen molar-refractivity contribution in [3.63, 3.8) is 0 Å². The molecule has 0 aliphatic rings. The van der Waals surface area contributed by atoms with Gasteiger partial charge in [-0.05, 0) is 0 Å². The van der Waals surface area contributed by atoms with Gasteiger partial charge in [-0.25, -0.2) is 0 Å². The van der Waals surface area contributed by atoms with Gasteiger partial charge in [0.15, 0.2) is 0 Å². The van der Waals surface area contributed by atoms with Crippen molar-refractivity contribution < 1.29 is 9.53 Å². The maximum atomic E-state index is 9.75. The van der Waals surface area contributed by atoms with E-state index in [9.17, 15) is 4.79 Å². The van der Waals surface area contributed by atoms with Crippen molar-refractivity contribution >= 4 is 5.97 Å². The predicted molar refractivity (Wildman–Crippen MR) is 56.4 cm³/mol. The molecule has 0 bridgehead atoms. The Morgan fingerprint density at radius 3 is 1.85 bits per heavy atom. The first-order valence-corrected chi connectivity index (χ1v) is 4.97. The molecule has 78 valence electrons. The molecule has 0 atom stereocenters. The Hall–Kier alpha value is -0.790. The van der Waals surface area contributed by atoms with Crippen LogP contribution in [0, 0.1) is 0 Å². The second-order valence-corrected chi connectivity index (χ2v) is 2.84. The highest BCUT2D eigenvalue weighted by Gasteiger charge is 1.80. The first kappa shape index (κ1) is 14.7. The molecule has 0 aromatic carbocycles. The summed E-state index contributed by atoms with van der Waals surface area (Å²) in [5.41, 5.74) is 0. The van der Waals surface area contributed by atoms with Gasteiger partial charge in [0.25, 0.3) is 0 Å². The average molecular weight is 186 g/mol. The topological polar surface area (TPSA) is 26.3 Å². The summed E-state index contributed by atoms with van der Waals surface area (Å²) >= 11 is 0. The summed E-state index contributed by atoms with van der Waals surface area (Å²) in [6.07, 6.45) is 8.11. The number of ether oxygens (including phenoxy) is 1. The minimum absolute atomic E-state index is 0.329. The van der Waals surface area contributed by atoms with Crippen LogP contribution in [0.5, 0.6) is 0 Å². The van der Waals surface area contributed by atoms with Gasteiger partial charge in [0.2, 0.25) is 0 Å². The van der Waals surface area contributed by atoms with Crippen molar-refractivity contribution in [3.05, 3.63) is 12.8 Å². The molecule has 2 nitrogen and oxygen atoms in total. The molecule has 0 N–H and O–H groups in total. The van der Waals surface area contributed by atoms with E-state index >= 15 is 0 Å². The minimum Gasteiger partial charge on any atom is -0.435 e. The van der Waals surface area contributed by atoms with Gasteiger partial charge in [0.1, 0.15) is 0 Å². The fourth-order valence-corrected chi connectivity index (χ4v) is 0.794. The lowest BCUT2D eigenvalue weighted by atomic mass is 10.2. The number of esters is 1. The number of hydrogen-bond donors (Lipinski definition) is 0. The standard InChI is InChI=1S/C7H16.C4H6O2/c1-3-5-7-6-4-2;1-3-6-4(2)5/h3-7H2,1-2H3;3H,1H2,2H3. The highest BCUT2D eigenvalue weighted by molar-refractivity contribution is 5.66. The van der Waals surface area contributed by atoms with Crippen LogP contribution in [-0.4, -0.2) is 5.97 Å². The molecule has 0 saturated heterocycles. The zero-order valence-corrected chi connectivity index (χ0v) is 9.14. The van der Waals surface area contributed by atoms with Crippen LogP contribution in [0.15, 0.2) is 12.8 Å². The van der Waals surface area contributed by atoms with E-state index < -0.39 is 0 Å². The first-order valence-electron chi connectivity index (χ1n) is 4.97. The van der Waals surface area contributed by atoms with E-state index in [1.54, 1.807) is 0 Å². The highest BCUT2D eigenvalue weighted by Crippen LogP contribution is 2.00. The van der Waals surface area contributed by atoms with Gasteiger partial charge in [-0.2, -0.15) is 0 Å². The molecule has 0 radical (unpaired) electrons. The van der Waals surface area contributed by atoms with Gasteiger partial charge >= 0.3 is 5.97 Å².